The summed E-state index contributed by atoms with van der Waals surface area (Å²) in [6.07, 6.45) is 21.9. The highest BCUT2D eigenvalue weighted by molar-refractivity contribution is 5.86. The molecule has 0 radical (unpaired) electrons. The number of unbranched alkanes of at least 4 members (excludes halogenated alkanes) is 11. The Morgan fingerprint density at radius 3 is 1.92 bits per heavy atom. The molecule has 0 aromatic carbocycles. The van der Waals surface area contributed by atoms with Crippen molar-refractivity contribution in [2.45, 2.75) is 122 Å². The van der Waals surface area contributed by atoms with E-state index in [1.165, 1.54) is 57.8 Å². The molecule has 0 spiro atoms. The Morgan fingerprint density at radius 2 is 1.33 bits per heavy atom. The molecule has 0 aromatic heterocycles. The number of allylic oxidation sites excluding steroid dienone is 2. The van der Waals surface area contributed by atoms with Gasteiger partial charge in [0, 0.05) is 25.9 Å². The lowest BCUT2D eigenvalue weighted by Crippen LogP contribution is -2.45. The lowest BCUT2D eigenvalue weighted by Gasteiger charge is -2.15. The molecule has 0 heterocycles. The predicted molar refractivity (Wildman–Crippen MR) is 148 cm³/mol. The van der Waals surface area contributed by atoms with Gasteiger partial charge in [-0.15, -0.1) is 0 Å². The first-order valence-electron chi connectivity index (χ1n) is 13.9. The summed E-state index contributed by atoms with van der Waals surface area (Å²) in [6.45, 7) is 2.84. The van der Waals surface area contributed by atoms with Crippen LogP contribution in [0.15, 0.2) is 17.1 Å². The van der Waals surface area contributed by atoms with E-state index in [1.54, 1.807) is 0 Å². The number of hydrogen-bond donors (Lipinski definition) is 5. The fraction of sp³-hybridized carbons (Fsp3) is 0.778. The third kappa shape index (κ3) is 23.2. The van der Waals surface area contributed by atoms with E-state index in [0.717, 1.165) is 25.7 Å². The minimum Gasteiger partial charge on any atom is -0.370 e. The average molecular weight is 509 g/mol. The zero-order valence-corrected chi connectivity index (χ0v) is 22.6. The second-order valence-electron chi connectivity index (χ2n) is 9.41. The van der Waals surface area contributed by atoms with Crippen LogP contribution in [0, 0.1) is 0 Å². The van der Waals surface area contributed by atoms with Crippen molar-refractivity contribution in [1.82, 2.24) is 10.6 Å². The Bertz CT molecular complexity index is 647. The smallest absolute Gasteiger partial charge is 0.240 e. The van der Waals surface area contributed by atoms with E-state index in [2.05, 4.69) is 34.7 Å². The van der Waals surface area contributed by atoms with Gasteiger partial charge in [0.2, 0.25) is 17.7 Å². The van der Waals surface area contributed by atoms with Gasteiger partial charge >= 0.3 is 0 Å². The van der Waals surface area contributed by atoms with E-state index >= 15 is 0 Å². The van der Waals surface area contributed by atoms with Crippen LogP contribution in [0.1, 0.15) is 116 Å². The first-order valence-corrected chi connectivity index (χ1v) is 13.9. The van der Waals surface area contributed by atoms with E-state index in [1.807, 2.05) is 0 Å². The number of carbonyl (C=O) groups is 3. The van der Waals surface area contributed by atoms with Gasteiger partial charge in [-0.3, -0.25) is 19.4 Å². The van der Waals surface area contributed by atoms with Crippen LogP contribution in [0.2, 0.25) is 0 Å². The Kier molecular flexibility index (Phi) is 22.4. The van der Waals surface area contributed by atoms with Gasteiger partial charge in [0.1, 0.15) is 6.04 Å². The highest BCUT2D eigenvalue weighted by Gasteiger charge is 2.17. The van der Waals surface area contributed by atoms with E-state index < -0.39 is 11.9 Å². The monoisotopic (exact) mass is 508 g/mol. The first kappa shape index (κ1) is 33.4. The van der Waals surface area contributed by atoms with Gasteiger partial charge in [-0.25, -0.2) is 0 Å². The maximum absolute atomic E-state index is 12.0. The van der Waals surface area contributed by atoms with Crippen molar-refractivity contribution in [1.29, 1.82) is 0 Å². The van der Waals surface area contributed by atoms with Crippen molar-refractivity contribution in [3.05, 3.63) is 12.2 Å². The number of aliphatic imine (C=N–C) groups is 1. The SMILES string of the molecule is CCCCCCCC/C=C\CCCCCCCC(=O)NCCC(=O)N[C@@H](CCCN=C(N)N)C(N)=O. The summed E-state index contributed by atoms with van der Waals surface area (Å²) in [4.78, 5) is 39.4. The largest absolute Gasteiger partial charge is 0.370 e. The summed E-state index contributed by atoms with van der Waals surface area (Å²) in [5.41, 5.74) is 15.8. The zero-order chi connectivity index (χ0) is 26.9. The minimum atomic E-state index is -0.779. The zero-order valence-electron chi connectivity index (χ0n) is 22.6. The van der Waals surface area contributed by atoms with Crippen molar-refractivity contribution < 1.29 is 14.4 Å². The highest BCUT2D eigenvalue weighted by Crippen LogP contribution is 2.10. The average Bonchev–Trinajstić information content (AvgIpc) is 2.83. The van der Waals surface area contributed by atoms with Crippen molar-refractivity contribution >= 4 is 23.7 Å². The molecule has 0 rings (SSSR count). The van der Waals surface area contributed by atoms with Gasteiger partial charge in [-0.1, -0.05) is 70.4 Å². The molecule has 0 fully saturated rings. The number of nitrogens with zero attached hydrogens (tertiary/aromatic N) is 1. The van der Waals surface area contributed by atoms with Crippen molar-refractivity contribution in [3.63, 3.8) is 0 Å². The van der Waals surface area contributed by atoms with E-state index in [-0.39, 0.29) is 30.7 Å². The highest BCUT2D eigenvalue weighted by atomic mass is 16.2. The lowest BCUT2D eigenvalue weighted by atomic mass is 10.1. The minimum absolute atomic E-state index is 0.0211. The number of amides is 3. The summed E-state index contributed by atoms with van der Waals surface area (Å²) >= 11 is 0. The topological polar surface area (TPSA) is 166 Å². The molecule has 9 nitrogen and oxygen atoms in total. The van der Waals surface area contributed by atoms with Gasteiger partial charge in [0.15, 0.2) is 5.96 Å². The summed E-state index contributed by atoms with van der Waals surface area (Å²) in [5.74, 6) is -1.01. The van der Waals surface area contributed by atoms with Crippen LogP contribution in [-0.4, -0.2) is 42.8 Å². The molecular weight excluding hydrogens is 456 g/mol. The Hall–Kier alpha value is -2.58. The van der Waals surface area contributed by atoms with E-state index in [0.29, 0.717) is 25.8 Å². The second kappa shape index (κ2) is 24.1. The van der Waals surface area contributed by atoms with Crippen LogP contribution in [0.5, 0.6) is 0 Å². The summed E-state index contributed by atoms with van der Waals surface area (Å²) in [5, 5.41) is 5.36. The molecular formula is C27H52N6O3. The molecule has 208 valence electrons. The normalized spacial score (nSPS) is 11.8. The van der Waals surface area contributed by atoms with Crippen LogP contribution in [0.3, 0.4) is 0 Å². The number of hydrogen-bond acceptors (Lipinski definition) is 4. The number of carbonyl (C=O) groups excluding carboxylic acids is 3. The predicted octanol–water partition coefficient (Wildman–Crippen LogP) is 3.55. The van der Waals surface area contributed by atoms with Gasteiger partial charge in [0.05, 0.1) is 0 Å². The van der Waals surface area contributed by atoms with Crippen LogP contribution < -0.4 is 27.8 Å². The molecule has 0 aliphatic rings. The van der Waals surface area contributed by atoms with Crippen molar-refractivity contribution in [2.75, 3.05) is 13.1 Å². The van der Waals surface area contributed by atoms with E-state index in [4.69, 9.17) is 17.2 Å². The summed E-state index contributed by atoms with van der Waals surface area (Å²) in [6, 6.07) is -0.779. The maximum Gasteiger partial charge on any atom is 0.240 e. The molecule has 0 unspecified atom stereocenters. The standard InChI is InChI=1S/C27H52N6O3/c1-2-3-4-5-6-7-8-9-10-11-12-13-14-15-16-19-24(34)31-22-20-25(35)33-23(26(28)36)18-17-21-32-27(29)30/h9-10,23H,2-8,11-22H2,1H3,(H2,28,36)(H,31,34)(H,33,35)(H4,29,30,32)/b10-9-/t23-/m0/s1. The molecule has 8 N–H and O–H groups in total. The van der Waals surface area contributed by atoms with Gasteiger partial charge in [-0.2, -0.15) is 0 Å². The van der Waals surface area contributed by atoms with Gasteiger partial charge in [0.25, 0.3) is 0 Å². The number of primary amides is 1. The number of rotatable bonds is 24. The third-order valence-corrected chi connectivity index (χ3v) is 5.96. The molecule has 9 heteroatoms. The fourth-order valence-corrected chi connectivity index (χ4v) is 3.82. The molecule has 0 bridgehead atoms. The Labute approximate surface area is 218 Å². The van der Waals surface area contributed by atoms with E-state index in [9.17, 15) is 14.4 Å². The molecule has 0 aliphatic carbocycles. The molecule has 3 amide bonds. The summed E-state index contributed by atoms with van der Waals surface area (Å²) in [7, 11) is 0. The second-order valence-corrected chi connectivity index (χ2v) is 9.41. The van der Waals surface area contributed by atoms with Crippen LogP contribution >= 0.6 is 0 Å². The quantitative estimate of drug-likeness (QED) is 0.0581. The molecule has 36 heavy (non-hydrogen) atoms. The Morgan fingerprint density at radius 1 is 0.750 bits per heavy atom. The molecule has 0 saturated heterocycles. The maximum atomic E-state index is 12.0. The third-order valence-electron chi connectivity index (χ3n) is 5.96. The van der Waals surface area contributed by atoms with Gasteiger partial charge < -0.3 is 27.8 Å². The number of guanidine groups is 1. The molecule has 0 aliphatic heterocycles. The molecule has 0 saturated carbocycles. The molecule has 1 atom stereocenters. The fourth-order valence-electron chi connectivity index (χ4n) is 3.82. The van der Waals surface area contributed by atoms with Crippen LogP contribution in [-0.2, 0) is 14.4 Å². The Balaban J connectivity index is 3.66. The summed E-state index contributed by atoms with van der Waals surface area (Å²) < 4.78 is 0. The lowest BCUT2D eigenvalue weighted by molar-refractivity contribution is -0.127. The molecule has 0 aromatic rings. The first-order chi connectivity index (χ1) is 17.4. The number of nitrogens with two attached hydrogens (primary N) is 3. The number of nitrogens with one attached hydrogen (secondary N) is 2. The van der Waals surface area contributed by atoms with Crippen LogP contribution in [0.25, 0.3) is 0 Å². The van der Waals surface area contributed by atoms with Gasteiger partial charge in [-0.05, 0) is 44.9 Å². The van der Waals surface area contributed by atoms with Crippen LogP contribution in [0.4, 0.5) is 0 Å². The van der Waals surface area contributed by atoms with Crippen molar-refractivity contribution in [2.24, 2.45) is 22.2 Å². The van der Waals surface area contributed by atoms with Crippen molar-refractivity contribution in [3.8, 4) is 0 Å².